The molecule has 0 spiro atoms. The first-order valence-electron chi connectivity index (χ1n) is 9.55. The third-order valence-corrected chi connectivity index (χ3v) is 7.78. The zero-order valence-corrected chi connectivity index (χ0v) is 19.1. The van der Waals surface area contributed by atoms with Crippen LogP contribution in [0.5, 0.6) is 11.5 Å². The van der Waals surface area contributed by atoms with Gasteiger partial charge in [-0.25, -0.2) is 8.42 Å². The fourth-order valence-electron chi connectivity index (χ4n) is 2.92. The monoisotopic (exact) mass is 464 g/mol. The molecule has 1 aliphatic heterocycles. The molecule has 0 radical (unpaired) electrons. The maximum atomic E-state index is 12.8. The van der Waals surface area contributed by atoms with Crippen molar-refractivity contribution in [2.75, 3.05) is 36.4 Å². The van der Waals surface area contributed by atoms with E-state index in [0.717, 1.165) is 4.90 Å². The normalized spacial score (nSPS) is 16.0. The van der Waals surface area contributed by atoms with Gasteiger partial charge in [0.2, 0.25) is 11.8 Å². The van der Waals surface area contributed by atoms with E-state index < -0.39 is 15.7 Å². The number of thioether (sulfide) groups is 1. The predicted octanol–water partition coefficient (Wildman–Crippen LogP) is 3.19. The van der Waals surface area contributed by atoms with Gasteiger partial charge in [0, 0.05) is 46.9 Å². The number of sulfone groups is 1. The molecule has 1 heterocycles. The highest BCUT2D eigenvalue weighted by Gasteiger charge is 2.23. The molecule has 8 nitrogen and oxygen atoms in total. The van der Waals surface area contributed by atoms with E-state index in [1.165, 1.54) is 38.1 Å². The summed E-state index contributed by atoms with van der Waals surface area (Å²) >= 11 is 1.50. The Morgan fingerprint density at radius 2 is 1.84 bits per heavy atom. The summed E-state index contributed by atoms with van der Waals surface area (Å²) < 4.78 is 35.9. The van der Waals surface area contributed by atoms with Crippen LogP contribution >= 0.6 is 11.8 Å². The number of ether oxygens (including phenoxy) is 2. The third-order valence-electron chi connectivity index (χ3n) is 4.74. The van der Waals surface area contributed by atoms with Gasteiger partial charge in [-0.3, -0.25) is 9.59 Å². The van der Waals surface area contributed by atoms with Crippen LogP contribution in [0.1, 0.15) is 13.3 Å². The number of hydrogen-bond acceptors (Lipinski definition) is 7. The lowest BCUT2D eigenvalue weighted by Crippen LogP contribution is -2.20. The Labute approximate surface area is 185 Å². The van der Waals surface area contributed by atoms with Crippen LogP contribution in [0, 0.1) is 5.92 Å². The lowest BCUT2D eigenvalue weighted by molar-refractivity contribution is -0.118. The molecule has 1 atom stereocenters. The predicted molar refractivity (Wildman–Crippen MR) is 120 cm³/mol. The van der Waals surface area contributed by atoms with Crippen LogP contribution in [-0.4, -0.2) is 46.0 Å². The molecule has 1 aliphatic rings. The standard InChI is InChI=1S/C21H24N2O6S2/c1-13-12-30-19-5-4-17(11-18(19)23-21(13)25)31(26,27)7-6-20(24)22-14-8-15(28-2)10-16(9-14)29-3/h4-5,8-11,13H,6-7,12H2,1-3H3,(H,22,24)(H,23,25)/t13-/m1/s1. The van der Waals surface area contributed by atoms with Crippen molar-refractivity contribution in [3.63, 3.8) is 0 Å². The lowest BCUT2D eigenvalue weighted by Gasteiger charge is -2.11. The van der Waals surface area contributed by atoms with Crippen molar-refractivity contribution in [2.24, 2.45) is 5.92 Å². The molecule has 3 rings (SSSR count). The van der Waals surface area contributed by atoms with Crippen LogP contribution < -0.4 is 20.1 Å². The largest absolute Gasteiger partial charge is 0.497 e. The maximum absolute atomic E-state index is 12.8. The smallest absolute Gasteiger partial charge is 0.228 e. The highest BCUT2D eigenvalue weighted by molar-refractivity contribution is 7.99. The number of nitrogens with one attached hydrogen (secondary N) is 2. The second-order valence-corrected chi connectivity index (χ2v) is 10.2. The molecule has 0 fully saturated rings. The van der Waals surface area contributed by atoms with Crippen LogP contribution in [0.25, 0.3) is 0 Å². The number of carbonyl (C=O) groups is 2. The van der Waals surface area contributed by atoms with Gasteiger partial charge in [0.15, 0.2) is 9.84 Å². The van der Waals surface area contributed by atoms with Crippen molar-refractivity contribution in [1.82, 2.24) is 0 Å². The molecule has 2 aromatic carbocycles. The van der Waals surface area contributed by atoms with E-state index in [2.05, 4.69) is 10.6 Å². The van der Waals surface area contributed by atoms with Gasteiger partial charge in [0.25, 0.3) is 0 Å². The zero-order valence-electron chi connectivity index (χ0n) is 17.4. The number of hydrogen-bond donors (Lipinski definition) is 2. The van der Waals surface area contributed by atoms with E-state index in [1.807, 2.05) is 6.92 Å². The van der Waals surface area contributed by atoms with Gasteiger partial charge in [0.05, 0.1) is 30.6 Å². The lowest BCUT2D eigenvalue weighted by atomic mass is 10.2. The average Bonchev–Trinajstić information content (AvgIpc) is 2.89. The van der Waals surface area contributed by atoms with Crippen molar-refractivity contribution in [3.8, 4) is 11.5 Å². The summed E-state index contributed by atoms with van der Waals surface area (Å²) in [5, 5.41) is 5.44. The van der Waals surface area contributed by atoms with Gasteiger partial charge in [-0.1, -0.05) is 6.92 Å². The van der Waals surface area contributed by atoms with Gasteiger partial charge in [0.1, 0.15) is 11.5 Å². The molecule has 0 aliphatic carbocycles. The highest BCUT2D eigenvalue weighted by atomic mass is 32.2. The van der Waals surface area contributed by atoms with E-state index >= 15 is 0 Å². The number of rotatable bonds is 7. The van der Waals surface area contributed by atoms with Crippen molar-refractivity contribution in [1.29, 1.82) is 0 Å². The Bertz CT molecular complexity index is 1080. The van der Waals surface area contributed by atoms with Gasteiger partial charge < -0.3 is 20.1 Å². The topological polar surface area (TPSA) is 111 Å². The van der Waals surface area contributed by atoms with E-state index in [9.17, 15) is 18.0 Å². The van der Waals surface area contributed by atoms with Crippen LogP contribution in [0.3, 0.4) is 0 Å². The molecule has 31 heavy (non-hydrogen) atoms. The molecular formula is C21H24N2O6S2. The van der Waals surface area contributed by atoms with E-state index in [0.29, 0.717) is 28.6 Å². The van der Waals surface area contributed by atoms with Gasteiger partial charge in [-0.2, -0.15) is 0 Å². The molecule has 0 unspecified atom stereocenters. The van der Waals surface area contributed by atoms with E-state index in [4.69, 9.17) is 9.47 Å². The molecule has 2 amide bonds. The molecule has 0 saturated heterocycles. The minimum absolute atomic E-state index is 0.0672. The summed E-state index contributed by atoms with van der Waals surface area (Å²) in [6, 6.07) is 9.54. The van der Waals surface area contributed by atoms with E-state index in [-0.39, 0.29) is 28.9 Å². The maximum Gasteiger partial charge on any atom is 0.228 e. The Hall–Kier alpha value is -2.72. The third kappa shape index (κ3) is 5.71. The van der Waals surface area contributed by atoms with Crippen LogP contribution in [-0.2, 0) is 19.4 Å². The molecule has 0 saturated carbocycles. The second kappa shape index (κ2) is 9.61. The van der Waals surface area contributed by atoms with Crippen molar-refractivity contribution in [3.05, 3.63) is 36.4 Å². The van der Waals surface area contributed by atoms with Crippen molar-refractivity contribution in [2.45, 2.75) is 23.1 Å². The molecule has 166 valence electrons. The summed E-state index contributed by atoms with van der Waals surface area (Å²) in [5.74, 6) is 0.496. The minimum Gasteiger partial charge on any atom is -0.497 e. The first-order valence-corrected chi connectivity index (χ1v) is 12.2. The van der Waals surface area contributed by atoms with Gasteiger partial charge >= 0.3 is 0 Å². The highest BCUT2D eigenvalue weighted by Crippen LogP contribution is 2.34. The molecule has 0 aromatic heterocycles. The molecule has 0 bridgehead atoms. The number of carbonyl (C=O) groups excluding carboxylic acids is 2. The number of fused-ring (bicyclic) bond motifs is 1. The molecular weight excluding hydrogens is 440 g/mol. The number of benzene rings is 2. The number of amides is 2. The van der Waals surface area contributed by atoms with Gasteiger partial charge in [-0.05, 0) is 18.2 Å². The first-order chi connectivity index (χ1) is 14.7. The SMILES string of the molecule is COc1cc(NC(=O)CCS(=O)(=O)c2ccc3c(c2)NC(=O)[C@H](C)CS3)cc(OC)c1. The Morgan fingerprint density at radius 1 is 1.16 bits per heavy atom. The Kier molecular flexibility index (Phi) is 7.11. The first kappa shape index (κ1) is 23.0. The Balaban J connectivity index is 1.68. The fraction of sp³-hybridized carbons (Fsp3) is 0.333. The second-order valence-electron chi connectivity index (χ2n) is 7.08. The van der Waals surface area contributed by atoms with Crippen LogP contribution in [0.15, 0.2) is 46.2 Å². The summed E-state index contributed by atoms with van der Waals surface area (Å²) in [7, 11) is -0.730. The van der Waals surface area contributed by atoms with Crippen LogP contribution in [0.4, 0.5) is 11.4 Å². The summed E-state index contributed by atoms with van der Waals surface area (Å²) in [5.41, 5.74) is 0.922. The number of anilines is 2. The van der Waals surface area contributed by atoms with Gasteiger partial charge in [-0.15, -0.1) is 11.8 Å². The Morgan fingerprint density at radius 3 is 2.48 bits per heavy atom. The molecule has 2 N–H and O–H groups in total. The zero-order chi connectivity index (χ0) is 22.6. The summed E-state index contributed by atoms with van der Waals surface area (Å²) in [4.78, 5) is 25.3. The van der Waals surface area contributed by atoms with E-state index in [1.54, 1.807) is 24.3 Å². The minimum atomic E-state index is -3.72. The van der Waals surface area contributed by atoms with Crippen molar-refractivity contribution >= 4 is 44.8 Å². The summed E-state index contributed by atoms with van der Waals surface area (Å²) in [6.45, 7) is 1.82. The van der Waals surface area contributed by atoms with Crippen molar-refractivity contribution < 1.29 is 27.5 Å². The van der Waals surface area contributed by atoms with Crippen LogP contribution in [0.2, 0.25) is 0 Å². The number of methoxy groups -OCH3 is 2. The average molecular weight is 465 g/mol. The molecule has 10 heteroatoms. The fourth-order valence-corrected chi connectivity index (χ4v) is 5.19. The molecule has 2 aromatic rings. The summed E-state index contributed by atoms with van der Waals surface area (Å²) in [6.07, 6.45) is -0.225. The quantitative estimate of drug-likeness (QED) is 0.647.